The van der Waals surface area contributed by atoms with Gasteiger partial charge in [0.15, 0.2) is 5.69 Å². The van der Waals surface area contributed by atoms with E-state index in [0.29, 0.717) is 23.5 Å². The lowest BCUT2D eigenvalue weighted by atomic mass is 10.1. The van der Waals surface area contributed by atoms with E-state index in [0.717, 1.165) is 5.56 Å². The molecule has 0 saturated carbocycles. The Morgan fingerprint density at radius 3 is 2.50 bits per heavy atom. The summed E-state index contributed by atoms with van der Waals surface area (Å²) in [7, 11) is 3.07. The number of ether oxygens (including phenoxy) is 2. The molecule has 0 saturated heterocycles. The molecule has 2 aromatic carbocycles. The SMILES string of the molecule is CCCN(C(=O)/C=C\c1cc(OC)ccc1OC)c1c(N)n(Cc2ccccc2)c(=O)[nH]c1=O. The number of nitrogens with one attached hydrogen (secondary N) is 1. The normalized spacial score (nSPS) is 10.9. The van der Waals surface area contributed by atoms with E-state index in [2.05, 4.69) is 4.98 Å². The highest BCUT2D eigenvalue weighted by atomic mass is 16.5. The smallest absolute Gasteiger partial charge is 0.330 e. The second-order valence-corrected chi connectivity index (χ2v) is 7.50. The minimum Gasteiger partial charge on any atom is -0.497 e. The molecule has 0 aliphatic rings. The van der Waals surface area contributed by atoms with Crippen molar-refractivity contribution in [3.05, 3.63) is 86.6 Å². The first-order valence-corrected chi connectivity index (χ1v) is 10.8. The Balaban J connectivity index is 2.01. The molecule has 0 bridgehead atoms. The Kier molecular flexibility index (Phi) is 7.92. The van der Waals surface area contributed by atoms with E-state index in [-0.39, 0.29) is 24.6 Å². The van der Waals surface area contributed by atoms with Crippen LogP contribution in [0.15, 0.2) is 64.2 Å². The van der Waals surface area contributed by atoms with Gasteiger partial charge in [-0.2, -0.15) is 0 Å². The predicted octanol–water partition coefficient (Wildman–Crippen LogP) is 2.64. The van der Waals surface area contributed by atoms with Crippen molar-refractivity contribution in [3.63, 3.8) is 0 Å². The van der Waals surface area contributed by atoms with Gasteiger partial charge >= 0.3 is 5.69 Å². The van der Waals surface area contributed by atoms with Crippen molar-refractivity contribution in [2.24, 2.45) is 0 Å². The molecule has 1 heterocycles. The number of hydrogen-bond donors (Lipinski definition) is 2. The summed E-state index contributed by atoms with van der Waals surface area (Å²) in [5.41, 5.74) is 6.31. The van der Waals surface area contributed by atoms with E-state index in [4.69, 9.17) is 15.2 Å². The average molecular weight is 465 g/mol. The minimum atomic E-state index is -0.721. The summed E-state index contributed by atoms with van der Waals surface area (Å²) in [5, 5.41) is 0. The Bertz CT molecular complexity index is 1290. The fourth-order valence-corrected chi connectivity index (χ4v) is 3.54. The van der Waals surface area contributed by atoms with E-state index in [1.54, 1.807) is 31.4 Å². The highest BCUT2D eigenvalue weighted by Gasteiger charge is 2.22. The van der Waals surface area contributed by atoms with Gasteiger partial charge in [-0.15, -0.1) is 0 Å². The number of hydrogen-bond acceptors (Lipinski definition) is 6. The minimum absolute atomic E-state index is 0.0651. The van der Waals surface area contributed by atoms with Crippen molar-refractivity contribution in [2.75, 3.05) is 31.4 Å². The summed E-state index contributed by atoms with van der Waals surface area (Å²) in [6.45, 7) is 2.26. The van der Waals surface area contributed by atoms with Gasteiger partial charge in [-0.3, -0.25) is 19.1 Å². The molecule has 0 fully saturated rings. The lowest BCUT2D eigenvalue weighted by Gasteiger charge is -2.23. The molecule has 1 amide bonds. The van der Waals surface area contributed by atoms with Crippen LogP contribution in [-0.2, 0) is 11.3 Å². The zero-order valence-corrected chi connectivity index (χ0v) is 19.4. The lowest BCUT2D eigenvalue weighted by Crippen LogP contribution is -2.41. The number of methoxy groups -OCH3 is 2. The van der Waals surface area contributed by atoms with Gasteiger partial charge in [0.2, 0.25) is 0 Å². The van der Waals surface area contributed by atoms with Crippen molar-refractivity contribution in [1.29, 1.82) is 0 Å². The molecular formula is C25H28N4O5. The van der Waals surface area contributed by atoms with Gasteiger partial charge in [-0.1, -0.05) is 37.3 Å². The number of aromatic nitrogens is 2. The first-order chi connectivity index (χ1) is 16.4. The maximum atomic E-state index is 13.2. The molecule has 0 radical (unpaired) electrons. The summed E-state index contributed by atoms with van der Waals surface area (Å²) in [6.07, 6.45) is 3.48. The molecule has 3 rings (SSSR count). The van der Waals surface area contributed by atoms with Crippen molar-refractivity contribution in [1.82, 2.24) is 9.55 Å². The van der Waals surface area contributed by atoms with E-state index in [1.165, 1.54) is 22.7 Å². The molecule has 0 aliphatic heterocycles. The molecule has 1 aromatic heterocycles. The van der Waals surface area contributed by atoms with Crippen molar-refractivity contribution < 1.29 is 14.3 Å². The van der Waals surface area contributed by atoms with Crippen LogP contribution in [0.5, 0.6) is 11.5 Å². The monoisotopic (exact) mass is 464 g/mol. The highest BCUT2D eigenvalue weighted by molar-refractivity contribution is 6.05. The third-order valence-electron chi connectivity index (χ3n) is 5.22. The summed E-state index contributed by atoms with van der Waals surface area (Å²) in [6, 6.07) is 14.4. The molecule has 0 unspecified atom stereocenters. The first-order valence-electron chi connectivity index (χ1n) is 10.8. The molecule has 0 aliphatic carbocycles. The summed E-state index contributed by atoms with van der Waals surface area (Å²) < 4.78 is 11.8. The van der Waals surface area contributed by atoms with Crippen LogP contribution in [0.3, 0.4) is 0 Å². The van der Waals surface area contributed by atoms with Crippen LogP contribution in [-0.4, -0.2) is 36.2 Å². The molecule has 3 aromatic rings. The number of H-pyrrole nitrogens is 1. The van der Waals surface area contributed by atoms with E-state index in [9.17, 15) is 14.4 Å². The number of nitrogen functional groups attached to an aromatic ring is 1. The number of nitrogens with zero attached hydrogens (tertiary/aromatic N) is 2. The average Bonchev–Trinajstić information content (AvgIpc) is 2.84. The summed E-state index contributed by atoms with van der Waals surface area (Å²) in [4.78, 5) is 42.0. The van der Waals surface area contributed by atoms with E-state index >= 15 is 0 Å². The quantitative estimate of drug-likeness (QED) is 0.470. The van der Waals surface area contributed by atoms with Gasteiger partial charge in [0.25, 0.3) is 11.5 Å². The zero-order chi connectivity index (χ0) is 24.7. The summed E-state index contributed by atoms with van der Waals surface area (Å²) >= 11 is 0. The van der Waals surface area contributed by atoms with Gasteiger partial charge < -0.3 is 20.1 Å². The van der Waals surface area contributed by atoms with E-state index in [1.807, 2.05) is 37.3 Å². The Morgan fingerprint density at radius 2 is 1.85 bits per heavy atom. The Hall–Kier alpha value is -4.27. The van der Waals surface area contributed by atoms with Crippen LogP contribution < -0.4 is 31.4 Å². The standard InChI is InChI=1S/C25H28N4O5/c1-4-14-28(21(30)13-10-18-15-19(33-2)11-12-20(18)34-3)22-23(26)29(25(32)27-24(22)31)16-17-8-6-5-7-9-17/h5-13,15H,4,14,16,26H2,1-3H3,(H,27,31,32)/b13-10-. The van der Waals surface area contributed by atoms with Gasteiger partial charge in [-0.05, 0) is 36.3 Å². The van der Waals surface area contributed by atoms with Gasteiger partial charge in [-0.25, -0.2) is 4.79 Å². The number of nitrogens with two attached hydrogens (primary N) is 1. The maximum absolute atomic E-state index is 13.2. The topological polar surface area (TPSA) is 120 Å². The molecule has 34 heavy (non-hydrogen) atoms. The van der Waals surface area contributed by atoms with Crippen LogP contribution in [0.4, 0.5) is 11.5 Å². The second kappa shape index (κ2) is 11.0. The van der Waals surface area contributed by atoms with Crippen LogP contribution in [0.25, 0.3) is 6.08 Å². The van der Waals surface area contributed by atoms with Crippen LogP contribution >= 0.6 is 0 Å². The van der Waals surface area contributed by atoms with Gasteiger partial charge in [0.1, 0.15) is 17.3 Å². The number of rotatable bonds is 9. The van der Waals surface area contributed by atoms with Crippen molar-refractivity contribution in [2.45, 2.75) is 19.9 Å². The Labute approximate surface area is 197 Å². The van der Waals surface area contributed by atoms with Gasteiger partial charge in [0, 0.05) is 18.2 Å². The predicted molar refractivity (Wildman–Crippen MR) is 133 cm³/mol. The molecule has 3 N–H and O–H groups in total. The fraction of sp³-hybridized carbons (Fsp3) is 0.240. The zero-order valence-electron chi connectivity index (χ0n) is 19.4. The Morgan fingerprint density at radius 1 is 1.12 bits per heavy atom. The van der Waals surface area contributed by atoms with Crippen LogP contribution in [0.1, 0.15) is 24.5 Å². The molecular weight excluding hydrogens is 436 g/mol. The second-order valence-electron chi connectivity index (χ2n) is 7.50. The molecule has 0 atom stereocenters. The number of anilines is 2. The van der Waals surface area contributed by atoms with Gasteiger partial charge in [0.05, 0.1) is 20.8 Å². The number of aromatic amines is 1. The van der Waals surface area contributed by atoms with Crippen LogP contribution in [0.2, 0.25) is 0 Å². The first kappa shape index (κ1) is 24.4. The third kappa shape index (κ3) is 5.37. The summed E-state index contributed by atoms with van der Waals surface area (Å²) in [5.74, 6) is 0.619. The molecule has 178 valence electrons. The molecule has 0 spiro atoms. The van der Waals surface area contributed by atoms with E-state index < -0.39 is 17.2 Å². The molecule has 9 heteroatoms. The largest absolute Gasteiger partial charge is 0.497 e. The third-order valence-corrected chi connectivity index (χ3v) is 5.22. The maximum Gasteiger partial charge on any atom is 0.330 e. The van der Waals surface area contributed by atoms with Crippen LogP contribution in [0, 0.1) is 0 Å². The number of carbonyl (C=O) groups excluding carboxylic acids is 1. The van der Waals surface area contributed by atoms with Crippen molar-refractivity contribution >= 4 is 23.5 Å². The number of carbonyl (C=O) groups is 1. The number of amides is 1. The highest BCUT2D eigenvalue weighted by Crippen LogP contribution is 2.25. The number of benzene rings is 2. The van der Waals surface area contributed by atoms with Crippen molar-refractivity contribution in [3.8, 4) is 11.5 Å². The lowest BCUT2D eigenvalue weighted by molar-refractivity contribution is -0.114. The molecule has 9 nitrogen and oxygen atoms in total. The fourth-order valence-electron chi connectivity index (χ4n) is 3.54.